The van der Waals surface area contributed by atoms with E-state index in [1.807, 2.05) is 83.3 Å². The van der Waals surface area contributed by atoms with Gasteiger partial charge in [0.2, 0.25) is 0 Å². The average molecular weight is 687 g/mol. The first-order chi connectivity index (χ1) is 25.3. The van der Waals surface area contributed by atoms with Crippen LogP contribution in [0.15, 0.2) is 158 Å². The Bertz CT molecular complexity index is 3030. The molecule has 0 aliphatic rings. The van der Waals surface area contributed by atoms with Gasteiger partial charge in [0.05, 0.1) is 16.7 Å². The molecule has 0 aliphatic heterocycles. The Morgan fingerprint density at radius 2 is 0.941 bits per heavy atom. The van der Waals surface area contributed by atoms with Crippen LogP contribution in [-0.2, 0) is 0 Å². The zero-order chi connectivity index (χ0) is 33.5. The van der Waals surface area contributed by atoms with Crippen LogP contribution in [0.3, 0.4) is 0 Å². The first kappa shape index (κ1) is 28.6. The van der Waals surface area contributed by atoms with Crippen LogP contribution < -0.4 is 0 Å². The Morgan fingerprint density at radius 3 is 1.61 bits per heavy atom. The van der Waals surface area contributed by atoms with Gasteiger partial charge in [-0.2, -0.15) is 0 Å². The van der Waals surface area contributed by atoms with Crippen molar-refractivity contribution in [2.75, 3.05) is 0 Å². The number of nitrogens with zero attached hydrogens (tertiary/aromatic N) is 4. The molecule has 6 heteroatoms. The summed E-state index contributed by atoms with van der Waals surface area (Å²) in [5.41, 5.74) is 6.56. The number of rotatable bonds is 4. The number of hydrogen-bond donors (Lipinski definition) is 0. The number of thiophene rings is 2. The standard InChI is InChI=1S/C45H26N4S2/c1-3-12-27(13-4-1)43-46-44(28-14-5-2-6-15-28)48-45(47-43)29-22-24-37-33(26-29)32-23-25-39-41(42(32)51-37)40-36(20-11-21-38(40)50-39)49-34-18-9-7-16-30(34)31-17-8-10-19-35(31)49/h1-26H. The maximum atomic E-state index is 5.02. The minimum Gasteiger partial charge on any atom is -0.309 e. The minimum atomic E-state index is 0.666. The van der Waals surface area contributed by atoms with E-state index in [9.17, 15) is 0 Å². The van der Waals surface area contributed by atoms with E-state index in [0.717, 1.165) is 16.7 Å². The Morgan fingerprint density at radius 1 is 0.373 bits per heavy atom. The molecule has 51 heavy (non-hydrogen) atoms. The lowest BCUT2D eigenvalue weighted by molar-refractivity contribution is 1.07. The Hall–Kier alpha value is -6.21. The molecule has 4 aromatic heterocycles. The van der Waals surface area contributed by atoms with Gasteiger partial charge in [0.15, 0.2) is 17.5 Å². The lowest BCUT2D eigenvalue weighted by atomic mass is 10.0. The molecule has 0 unspecified atom stereocenters. The van der Waals surface area contributed by atoms with Gasteiger partial charge in [-0.25, -0.2) is 15.0 Å². The van der Waals surface area contributed by atoms with Crippen LogP contribution in [0.5, 0.6) is 0 Å². The molecular formula is C45H26N4S2. The number of para-hydroxylation sites is 2. The fourth-order valence-corrected chi connectivity index (χ4v) is 10.00. The molecule has 0 saturated carbocycles. The van der Waals surface area contributed by atoms with Gasteiger partial charge in [0, 0.05) is 67.8 Å². The van der Waals surface area contributed by atoms with E-state index in [2.05, 4.69) is 102 Å². The van der Waals surface area contributed by atoms with Gasteiger partial charge in [-0.3, -0.25) is 0 Å². The summed E-state index contributed by atoms with van der Waals surface area (Å²) in [6, 6.07) is 55.8. The van der Waals surface area contributed by atoms with Gasteiger partial charge in [-0.1, -0.05) is 109 Å². The SMILES string of the molecule is c1ccc(-c2nc(-c3ccccc3)nc(-c3ccc4sc5c(ccc6sc7cccc(-n8c9ccccc9c9ccccc98)c7c65)c4c3)n2)cc1. The van der Waals surface area contributed by atoms with Crippen molar-refractivity contribution in [3.63, 3.8) is 0 Å². The predicted molar refractivity (Wildman–Crippen MR) is 216 cm³/mol. The molecule has 0 atom stereocenters. The first-order valence-electron chi connectivity index (χ1n) is 16.9. The van der Waals surface area contributed by atoms with Crippen LogP contribution in [-0.4, -0.2) is 19.5 Å². The average Bonchev–Trinajstić information content (AvgIpc) is 3.88. The monoisotopic (exact) mass is 686 g/mol. The zero-order valence-corrected chi connectivity index (χ0v) is 28.7. The quantitative estimate of drug-likeness (QED) is 0.185. The Kier molecular flexibility index (Phi) is 6.26. The molecule has 11 rings (SSSR count). The molecule has 11 aromatic rings. The first-order valence-corrected chi connectivity index (χ1v) is 18.6. The van der Waals surface area contributed by atoms with Crippen molar-refractivity contribution in [3.05, 3.63) is 158 Å². The number of hydrogen-bond acceptors (Lipinski definition) is 5. The maximum Gasteiger partial charge on any atom is 0.164 e. The van der Waals surface area contributed by atoms with Crippen LogP contribution in [0.4, 0.5) is 0 Å². The molecule has 0 fully saturated rings. The molecule has 4 nitrogen and oxygen atoms in total. The van der Waals surface area contributed by atoms with E-state index in [1.165, 1.54) is 67.8 Å². The topological polar surface area (TPSA) is 43.6 Å². The number of aromatic nitrogens is 4. The van der Waals surface area contributed by atoms with Gasteiger partial charge in [0.1, 0.15) is 0 Å². The fraction of sp³-hybridized carbons (Fsp3) is 0. The summed E-state index contributed by atoms with van der Waals surface area (Å²) in [4.78, 5) is 15.0. The third-order valence-electron chi connectivity index (χ3n) is 9.85. The summed E-state index contributed by atoms with van der Waals surface area (Å²) >= 11 is 3.75. The second-order valence-corrected chi connectivity index (χ2v) is 14.9. The Balaban J connectivity index is 1.15. The van der Waals surface area contributed by atoms with Crippen LogP contribution in [0, 0.1) is 0 Å². The third-order valence-corrected chi connectivity index (χ3v) is 12.2. The molecule has 0 saturated heterocycles. The van der Waals surface area contributed by atoms with Gasteiger partial charge in [-0.05, 0) is 48.5 Å². The highest BCUT2D eigenvalue weighted by Gasteiger charge is 2.20. The second-order valence-electron chi connectivity index (χ2n) is 12.8. The summed E-state index contributed by atoms with van der Waals surface area (Å²) in [6.45, 7) is 0. The molecule has 4 heterocycles. The van der Waals surface area contributed by atoms with Crippen molar-refractivity contribution in [2.45, 2.75) is 0 Å². The summed E-state index contributed by atoms with van der Waals surface area (Å²) in [5, 5.41) is 7.64. The molecule has 0 radical (unpaired) electrons. The molecule has 0 amide bonds. The van der Waals surface area contributed by atoms with E-state index in [1.54, 1.807) is 0 Å². The molecule has 0 N–H and O–H groups in total. The van der Waals surface area contributed by atoms with Crippen molar-refractivity contribution in [1.82, 2.24) is 19.5 Å². The number of benzene rings is 7. The predicted octanol–water partition coefficient (Wildman–Crippen LogP) is 12.7. The van der Waals surface area contributed by atoms with Gasteiger partial charge < -0.3 is 4.57 Å². The van der Waals surface area contributed by atoms with E-state index in [-0.39, 0.29) is 0 Å². The van der Waals surface area contributed by atoms with Crippen molar-refractivity contribution < 1.29 is 0 Å². The lowest BCUT2D eigenvalue weighted by Crippen LogP contribution is -2.00. The van der Waals surface area contributed by atoms with E-state index in [0.29, 0.717) is 17.5 Å². The van der Waals surface area contributed by atoms with Crippen molar-refractivity contribution in [1.29, 1.82) is 0 Å². The van der Waals surface area contributed by atoms with Crippen LogP contribution >= 0.6 is 22.7 Å². The van der Waals surface area contributed by atoms with E-state index >= 15 is 0 Å². The highest BCUT2D eigenvalue weighted by atomic mass is 32.1. The normalized spacial score (nSPS) is 11.9. The number of fused-ring (bicyclic) bond motifs is 10. The minimum absolute atomic E-state index is 0.666. The van der Waals surface area contributed by atoms with Gasteiger partial charge in [0.25, 0.3) is 0 Å². The van der Waals surface area contributed by atoms with E-state index in [4.69, 9.17) is 15.0 Å². The van der Waals surface area contributed by atoms with Crippen LogP contribution in [0.1, 0.15) is 0 Å². The molecule has 7 aromatic carbocycles. The highest BCUT2D eigenvalue weighted by molar-refractivity contribution is 7.29. The molecule has 0 aliphatic carbocycles. The zero-order valence-electron chi connectivity index (χ0n) is 27.1. The molecule has 0 bridgehead atoms. The smallest absolute Gasteiger partial charge is 0.164 e. The van der Waals surface area contributed by atoms with Crippen molar-refractivity contribution >= 4 is 84.8 Å². The van der Waals surface area contributed by atoms with E-state index < -0.39 is 0 Å². The fourth-order valence-electron chi connectivity index (χ4n) is 7.56. The molecular weight excluding hydrogens is 661 g/mol. The second kappa shape index (κ2) is 11.2. The van der Waals surface area contributed by atoms with Crippen LogP contribution in [0.2, 0.25) is 0 Å². The largest absolute Gasteiger partial charge is 0.309 e. The summed E-state index contributed by atoms with van der Waals surface area (Å²) < 4.78 is 7.61. The van der Waals surface area contributed by atoms with Crippen LogP contribution in [0.25, 0.3) is 102 Å². The lowest BCUT2D eigenvalue weighted by Gasteiger charge is -2.10. The molecule has 0 spiro atoms. The van der Waals surface area contributed by atoms with Gasteiger partial charge in [-0.15, -0.1) is 22.7 Å². The van der Waals surface area contributed by atoms with Gasteiger partial charge >= 0.3 is 0 Å². The highest BCUT2D eigenvalue weighted by Crippen LogP contribution is 2.47. The van der Waals surface area contributed by atoms with Crippen molar-refractivity contribution in [2.24, 2.45) is 0 Å². The summed E-state index contributed by atoms with van der Waals surface area (Å²) in [6.07, 6.45) is 0. The third kappa shape index (κ3) is 4.40. The summed E-state index contributed by atoms with van der Waals surface area (Å²) in [5.74, 6) is 2.00. The summed E-state index contributed by atoms with van der Waals surface area (Å²) in [7, 11) is 0. The Labute approximate surface area is 300 Å². The maximum absolute atomic E-state index is 5.02. The van der Waals surface area contributed by atoms with Crippen molar-refractivity contribution in [3.8, 4) is 39.9 Å². The molecule has 238 valence electrons.